The molecule has 2 aliphatic rings. The van der Waals surface area contributed by atoms with E-state index in [0.717, 1.165) is 24.9 Å². The molecule has 0 saturated carbocycles. The van der Waals surface area contributed by atoms with Gasteiger partial charge in [0.2, 0.25) is 0 Å². The lowest BCUT2D eigenvalue weighted by molar-refractivity contribution is -0.384. The topological polar surface area (TPSA) is 121 Å². The largest absolute Gasteiger partial charge is 0.483 e. The summed E-state index contributed by atoms with van der Waals surface area (Å²) in [6.07, 6.45) is 3.07. The number of nitro benzene ring substituents is 1. The van der Waals surface area contributed by atoms with E-state index in [1.165, 1.54) is 40.6 Å². The van der Waals surface area contributed by atoms with Gasteiger partial charge in [-0.1, -0.05) is 24.0 Å². The molecular formula is C20H20N6O5S3. The molecular weight excluding hydrogens is 500 g/mol. The number of hydrogen-bond acceptors (Lipinski definition) is 11. The molecule has 2 aliphatic heterocycles. The van der Waals surface area contributed by atoms with Crippen LogP contribution in [-0.2, 0) is 9.59 Å². The van der Waals surface area contributed by atoms with Crippen LogP contribution in [0.3, 0.4) is 0 Å². The van der Waals surface area contributed by atoms with Gasteiger partial charge in [-0.05, 0) is 19.2 Å². The highest BCUT2D eigenvalue weighted by Gasteiger charge is 2.37. The highest BCUT2D eigenvalue weighted by atomic mass is 32.2. The molecule has 0 bridgehead atoms. The molecule has 11 nitrogen and oxygen atoms in total. The first kappa shape index (κ1) is 24.2. The third-order valence-electron chi connectivity index (χ3n) is 5.06. The number of thiocarbonyl (C=S) groups is 1. The van der Waals surface area contributed by atoms with Gasteiger partial charge in [-0.2, -0.15) is 0 Å². The Hall–Kier alpha value is -2.91. The van der Waals surface area contributed by atoms with E-state index in [-0.39, 0.29) is 24.0 Å². The fourth-order valence-corrected chi connectivity index (χ4v) is 5.16. The first-order valence-electron chi connectivity index (χ1n) is 10.1. The molecule has 0 spiro atoms. The number of thioether (sulfide) groups is 1. The Morgan fingerprint density at radius 1 is 1.35 bits per heavy atom. The van der Waals surface area contributed by atoms with E-state index >= 15 is 0 Å². The van der Waals surface area contributed by atoms with Crippen LogP contribution in [0.25, 0.3) is 6.08 Å². The van der Waals surface area contributed by atoms with Crippen LogP contribution in [0.15, 0.2) is 34.7 Å². The summed E-state index contributed by atoms with van der Waals surface area (Å²) in [5.74, 6) is -0.496. The lowest BCUT2D eigenvalue weighted by Crippen LogP contribution is -2.54. The van der Waals surface area contributed by atoms with Gasteiger partial charge in [-0.3, -0.25) is 25.0 Å². The second kappa shape index (κ2) is 10.6. The third-order valence-corrected chi connectivity index (χ3v) is 7.04. The molecule has 2 aromatic rings. The first-order valence-corrected chi connectivity index (χ1v) is 12.2. The number of rotatable bonds is 7. The Kier molecular flexibility index (Phi) is 7.53. The number of ether oxygens (including phenoxy) is 1. The molecule has 0 radical (unpaired) electrons. The monoisotopic (exact) mass is 520 g/mol. The van der Waals surface area contributed by atoms with Gasteiger partial charge >= 0.3 is 0 Å². The SMILES string of the molecule is CN1CCN(N2C(=O)C(=Cc3cc([N+](=O)[O-])ccc3OCC(=O)Nc3nccs3)SC2=S)CC1. The summed E-state index contributed by atoms with van der Waals surface area (Å²) >= 11 is 7.83. The fraction of sp³-hybridized carbons (Fsp3) is 0.300. The van der Waals surface area contributed by atoms with Crippen molar-refractivity contribution in [3.8, 4) is 5.75 Å². The molecule has 2 fully saturated rings. The number of non-ortho nitro benzene ring substituents is 1. The van der Waals surface area contributed by atoms with Crippen molar-refractivity contribution in [2.45, 2.75) is 0 Å². The Balaban J connectivity index is 1.54. The summed E-state index contributed by atoms with van der Waals surface area (Å²) in [6, 6.07) is 3.99. The highest BCUT2D eigenvalue weighted by Crippen LogP contribution is 2.36. The van der Waals surface area contributed by atoms with Crippen molar-refractivity contribution in [2.75, 3.05) is 45.2 Å². The number of nitrogens with zero attached hydrogens (tertiary/aromatic N) is 5. The van der Waals surface area contributed by atoms with Crippen molar-refractivity contribution in [2.24, 2.45) is 0 Å². The number of piperazine rings is 1. The van der Waals surface area contributed by atoms with E-state index in [9.17, 15) is 19.7 Å². The van der Waals surface area contributed by atoms with Crippen LogP contribution in [0.1, 0.15) is 5.56 Å². The number of aromatic nitrogens is 1. The predicted octanol–water partition coefficient (Wildman–Crippen LogP) is 2.43. The van der Waals surface area contributed by atoms with Crippen molar-refractivity contribution >= 4 is 68.3 Å². The number of thiazole rings is 1. The number of likely N-dealkylation sites (N-methyl/N-ethyl adjacent to an activating group) is 1. The number of carbonyl (C=O) groups excluding carboxylic acids is 2. The summed E-state index contributed by atoms with van der Waals surface area (Å²) in [4.78, 5) is 42.5. The Bertz CT molecular complexity index is 1150. The smallest absolute Gasteiger partial charge is 0.280 e. The number of anilines is 1. The number of benzene rings is 1. The molecule has 3 heterocycles. The van der Waals surface area contributed by atoms with Crippen molar-refractivity contribution in [1.29, 1.82) is 0 Å². The quantitative estimate of drug-likeness (QED) is 0.252. The summed E-state index contributed by atoms with van der Waals surface area (Å²) in [5.41, 5.74) is 0.135. The van der Waals surface area contributed by atoms with Crippen LogP contribution < -0.4 is 10.1 Å². The second-order valence-electron chi connectivity index (χ2n) is 7.40. The highest BCUT2D eigenvalue weighted by molar-refractivity contribution is 8.26. The van der Waals surface area contributed by atoms with Crippen molar-refractivity contribution < 1.29 is 19.2 Å². The van der Waals surface area contributed by atoms with Gasteiger partial charge < -0.3 is 9.64 Å². The van der Waals surface area contributed by atoms with Gasteiger partial charge in [-0.15, -0.1) is 11.3 Å². The number of nitro groups is 1. The lowest BCUT2D eigenvalue weighted by atomic mass is 10.1. The molecule has 1 aromatic heterocycles. The third kappa shape index (κ3) is 5.59. The van der Waals surface area contributed by atoms with Gasteiger partial charge in [0.05, 0.1) is 9.83 Å². The van der Waals surface area contributed by atoms with Crippen LogP contribution >= 0.6 is 35.3 Å². The molecule has 0 unspecified atom stereocenters. The van der Waals surface area contributed by atoms with Crippen molar-refractivity contribution in [3.05, 3.63) is 50.4 Å². The number of hydrazine groups is 1. The number of hydrogen-bond donors (Lipinski definition) is 1. The van der Waals surface area contributed by atoms with E-state index in [4.69, 9.17) is 17.0 Å². The molecule has 2 saturated heterocycles. The van der Waals surface area contributed by atoms with E-state index in [0.29, 0.717) is 33.0 Å². The minimum atomic E-state index is -0.536. The Morgan fingerprint density at radius 3 is 2.79 bits per heavy atom. The zero-order valence-electron chi connectivity index (χ0n) is 18.0. The molecule has 4 rings (SSSR count). The van der Waals surface area contributed by atoms with Gasteiger partial charge in [0.15, 0.2) is 16.1 Å². The number of amides is 2. The molecule has 0 atom stereocenters. The van der Waals surface area contributed by atoms with Crippen LogP contribution in [0.2, 0.25) is 0 Å². The predicted molar refractivity (Wildman–Crippen MR) is 133 cm³/mol. The summed E-state index contributed by atoms with van der Waals surface area (Å²) in [7, 11) is 2.02. The molecule has 2 amide bonds. The first-order chi connectivity index (χ1) is 16.3. The van der Waals surface area contributed by atoms with Gasteiger partial charge in [0, 0.05) is 55.5 Å². The second-order valence-corrected chi connectivity index (χ2v) is 9.97. The average Bonchev–Trinajstić information content (AvgIpc) is 3.41. The van der Waals surface area contributed by atoms with Gasteiger partial charge in [0.25, 0.3) is 17.5 Å². The fourth-order valence-electron chi connectivity index (χ4n) is 3.32. The molecule has 34 heavy (non-hydrogen) atoms. The summed E-state index contributed by atoms with van der Waals surface area (Å²) in [5, 5.41) is 19.5. The van der Waals surface area contributed by atoms with Crippen molar-refractivity contribution in [1.82, 2.24) is 19.9 Å². The van der Waals surface area contributed by atoms with Crippen LogP contribution in [0.5, 0.6) is 5.75 Å². The molecule has 178 valence electrons. The maximum atomic E-state index is 13.1. The van der Waals surface area contributed by atoms with E-state index < -0.39 is 10.8 Å². The minimum Gasteiger partial charge on any atom is -0.483 e. The molecule has 14 heteroatoms. The van der Waals surface area contributed by atoms with Crippen molar-refractivity contribution in [3.63, 3.8) is 0 Å². The van der Waals surface area contributed by atoms with Gasteiger partial charge in [0.1, 0.15) is 5.75 Å². The van der Waals surface area contributed by atoms with Gasteiger partial charge in [-0.25, -0.2) is 15.0 Å². The normalized spacial score (nSPS) is 18.5. The maximum Gasteiger partial charge on any atom is 0.280 e. The average molecular weight is 521 g/mol. The van der Waals surface area contributed by atoms with E-state index in [1.807, 2.05) is 12.1 Å². The minimum absolute atomic E-state index is 0.166. The molecule has 1 aromatic carbocycles. The zero-order chi connectivity index (χ0) is 24.2. The van der Waals surface area contributed by atoms with Crippen LogP contribution in [-0.4, -0.2) is 80.8 Å². The standard InChI is InChI=1S/C20H20N6O5S3/c1-23-5-7-24(8-6-23)25-18(28)16(34-20(25)32)11-13-10-14(26(29)30)2-3-15(13)31-12-17(27)22-19-21-4-9-33-19/h2-4,9-11H,5-8,12H2,1H3,(H,21,22,27). The van der Waals surface area contributed by atoms with E-state index in [2.05, 4.69) is 15.2 Å². The number of nitrogens with one attached hydrogen (secondary N) is 1. The van der Waals surface area contributed by atoms with Crippen LogP contribution in [0, 0.1) is 10.1 Å². The zero-order valence-corrected chi connectivity index (χ0v) is 20.5. The molecule has 0 aliphatic carbocycles. The number of carbonyl (C=O) groups is 2. The lowest BCUT2D eigenvalue weighted by Gasteiger charge is -2.37. The van der Waals surface area contributed by atoms with E-state index in [1.54, 1.807) is 11.6 Å². The summed E-state index contributed by atoms with van der Waals surface area (Å²) in [6.45, 7) is 2.61. The Labute approximate surface area is 208 Å². The summed E-state index contributed by atoms with van der Waals surface area (Å²) < 4.78 is 6.02. The maximum absolute atomic E-state index is 13.1. The van der Waals surface area contributed by atoms with Crippen LogP contribution in [0.4, 0.5) is 10.8 Å². The molecule has 1 N–H and O–H groups in total. The Morgan fingerprint density at radius 2 is 2.12 bits per heavy atom.